The van der Waals surface area contributed by atoms with E-state index >= 15 is 0 Å². The summed E-state index contributed by atoms with van der Waals surface area (Å²) in [5.74, 6) is 1.43. The molecular formula is C21H27ClO5S2. The second-order valence-electron chi connectivity index (χ2n) is 6.87. The Morgan fingerprint density at radius 3 is 2.76 bits per heavy atom. The van der Waals surface area contributed by atoms with Gasteiger partial charge in [-0.05, 0) is 35.6 Å². The van der Waals surface area contributed by atoms with E-state index in [4.69, 9.17) is 11.6 Å². The number of rotatable bonds is 11. The summed E-state index contributed by atoms with van der Waals surface area (Å²) in [4.78, 5) is 23.3. The monoisotopic (exact) mass is 458 g/mol. The maximum absolute atomic E-state index is 12.3. The molecule has 1 saturated carbocycles. The van der Waals surface area contributed by atoms with Crippen LogP contribution in [0.15, 0.2) is 36.4 Å². The van der Waals surface area contributed by atoms with E-state index in [1.54, 1.807) is 24.3 Å². The smallest absolute Gasteiger partial charge is 0.315 e. The molecule has 2 rings (SSSR count). The van der Waals surface area contributed by atoms with Crippen LogP contribution in [-0.2, 0) is 20.7 Å². The maximum atomic E-state index is 12.3. The first-order chi connectivity index (χ1) is 13.9. The van der Waals surface area contributed by atoms with E-state index in [2.05, 4.69) is 4.74 Å². The zero-order valence-electron chi connectivity index (χ0n) is 16.3. The highest BCUT2D eigenvalue weighted by atomic mass is 35.5. The summed E-state index contributed by atoms with van der Waals surface area (Å²) in [5, 5.41) is 20.9. The molecule has 1 fully saturated rings. The lowest BCUT2D eigenvalue weighted by atomic mass is 10.0. The highest BCUT2D eigenvalue weighted by Crippen LogP contribution is 2.34. The van der Waals surface area contributed by atoms with Crippen molar-refractivity contribution in [1.29, 1.82) is 0 Å². The third-order valence-electron chi connectivity index (χ3n) is 4.61. The van der Waals surface area contributed by atoms with E-state index in [1.165, 1.54) is 30.6 Å². The van der Waals surface area contributed by atoms with Gasteiger partial charge in [-0.1, -0.05) is 35.9 Å². The summed E-state index contributed by atoms with van der Waals surface area (Å²) in [6, 6.07) is 7.29. The second-order valence-corrected chi connectivity index (χ2v) is 9.66. The Morgan fingerprint density at radius 2 is 2.07 bits per heavy atom. The fourth-order valence-electron chi connectivity index (χ4n) is 3.08. The van der Waals surface area contributed by atoms with Crippen molar-refractivity contribution in [3.8, 4) is 0 Å². The number of halogens is 1. The van der Waals surface area contributed by atoms with Crippen molar-refractivity contribution < 1.29 is 24.5 Å². The number of aliphatic hydroxyl groups excluding tert-OH is 2. The fraction of sp³-hybridized carbons (Fsp3) is 0.524. The van der Waals surface area contributed by atoms with E-state index in [-0.39, 0.29) is 29.3 Å². The summed E-state index contributed by atoms with van der Waals surface area (Å²) < 4.78 is 4.60. The molecule has 0 radical (unpaired) electrons. The van der Waals surface area contributed by atoms with Crippen LogP contribution >= 0.6 is 35.1 Å². The Morgan fingerprint density at radius 1 is 1.34 bits per heavy atom. The highest BCUT2D eigenvalue weighted by Gasteiger charge is 2.40. The number of Topliss-reactive ketones (excluding diaryl/α,β-unsaturated/α-hetero) is 1. The predicted octanol–water partition coefficient (Wildman–Crippen LogP) is 3.15. The zero-order chi connectivity index (χ0) is 21.2. The molecule has 0 aliphatic heterocycles. The Hall–Kier alpha value is -0.990. The molecule has 0 amide bonds. The van der Waals surface area contributed by atoms with Crippen molar-refractivity contribution in [3.05, 3.63) is 47.0 Å². The molecule has 160 valence electrons. The van der Waals surface area contributed by atoms with Gasteiger partial charge in [0.2, 0.25) is 0 Å². The minimum Gasteiger partial charge on any atom is -0.468 e. The van der Waals surface area contributed by atoms with Crippen molar-refractivity contribution in [2.45, 2.75) is 36.7 Å². The third-order valence-corrected chi connectivity index (χ3v) is 7.34. The molecule has 0 heterocycles. The number of carbonyl (C=O) groups excluding carboxylic acids is 2. The molecule has 0 bridgehead atoms. The minimum absolute atomic E-state index is 0.0477. The molecule has 1 aliphatic rings. The van der Waals surface area contributed by atoms with Gasteiger partial charge in [-0.15, -0.1) is 11.8 Å². The molecule has 0 saturated heterocycles. The molecule has 4 atom stereocenters. The van der Waals surface area contributed by atoms with E-state index in [0.717, 1.165) is 23.5 Å². The molecule has 1 aromatic rings. The number of thioether (sulfide) groups is 2. The topological polar surface area (TPSA) is 83.8 Å². The molecule has 0 aromatic heterocycles. The lowest BCUT2D eigenvalue weighted by molar-refractivity contribution is -0.137. The van der Waals surface area contributed by atoms with E-state index < -0.39 is 12.2 Å². The van der Waals surface area contributed by atoms with Crippen LogP contribution in [0.25, 0.3) is 0 Å². The highest BCUT2D eigenvalue weighted by molar-refractivity contribution is 8.01. The van der Waals surface area contributed by atoms with Crippen molar-refractivity contribution in [3.63, 3.8) is 0 Å². The lowest BCUT2D eigenvalue weighted by Crippen LogP contribution is -2.22. The number of methoxy groups -OCH3 is 1. The average Bonchev–Trinajstić information content (AvgIpc) is 2.97. The Bertz CT molecular complexity index is 695. The van der Waals surface area contributed by atoms with Crippen molar-refractivity contribution in [2.75, 3.05) is 24.4 Å². The zero-order valence-corrected chi connectivity index (χ0v) is 18.7. The molecule has 5 nitrogen and oxygen atoms in total. The normalized spacial score (nSPS) is 22.9. The summed E-state index contributed by atoms with van der Waals surface area (Å²) >= 11 is 8.92. The van der Waals surface area contributed by atoms with Crippen LogP contribution < -0.4 is 0 Å². The van der Waals surface area contributed by atoms with Gasteiger partial charge >= 0.3 is 5.97 Å². The molecular weight excluding hydrogens is 432 g/mol. The van der Waals surface area contributed by atoms with Gasteiger partial charge in [-0.25, -0.2) is 0 Å². The number of esters is 1. The minimum atomic E-state index is -0.715. The van der Waals surface area contributed by atoms with Crippen LogP contribution in [0.3, 0.4) is 0 Å². The molecule has 8 heteroatoms. The number of ketones is 1. The van der Waals surface area contributed by atoms with Gasteiger partial charge in [0.15, 0.2) is 0 Å². The van der Waals surface area contributed by atoms with Crippen LogP contribution in [-0.4, -0.2) is 63.8 Å². The molecule has 2 N–H and O–H groups in total. The SMILES string of the molecule is COC(=O)CSCCCSC1C(=O)C[C@@H](O)C1/C=C/[C@H](O)Cc1ccc(Cl)cc1. The quantitative estimate of drug-likeness (QED) is 0.299. The van der Waals surface area contributed by atoms with E-state index in [1.807, 2.05) is 12.1 Å². The number of hydrogen-bond donors (Lipinski definition) is 2. The maximum Gasteiger partial charge on any atom is 0.315 e. The molecule has 1 aromatic carbocycles. The van der Waals surface area contributed by atoms with Crippen LogP contribution in [0, 0.1) is 5.92 Å². The first kappa shape index (κ1) is 24.3. The number of ether oxygens (including phenoxy) is 1. The van der Waals surface area contributed by atoms with Gasteiger partial charge in [0.25, 0.3) is 0 Å². The van der Waals surface area contributed by atoms with Crippen LogP contribution in [0.1, 0.15) is 18.4 Å². The Labute approximate surface area is 185 Å². The standard InChI is InChI=1S/C21H27ClO5S2/c1-27-20(26)13-28-9-2-10-29-21-17(18(24)12-19(21)25)8-7-16(23)11-14-3-5-15(22)6-4-14/h3-8,16-18,21,23-24H,2,9-13H2,1H3/b8-7+/t16-,17?,18+,21?/m0/s1. The van der Waals surface area contributed by atoms with Crippen molar-refractivity contribution in [1.82, 2.24) is 0 Å². The molecule has 29 heavy (non-hydrogen) atoms. The molecule has 0 spiro atoms. The first-order valence-corrected chi connectivity index (χ1v) is 12.1. The first-order valence-electron chi connectivity index (χ1n) is 9.48. The number of benzene rings is 1. The largest absolute Gasteiger partial charge is 0.468 e. The summed E-state index contributed by atoms with van der Waals surface area (Å²) in [5.41, 5.74) is 0.963. The van der Waals surface area contributed by atoms with Gasteiger partial charge in [0.1, 0.15) is 5.78 Å². The summed E-state index contributed by atoms with van der Waals surface area (Å²) in [7, 11) is 1.37. The van der Waals surface area contributed by atoms with Gasteiger partial charge in [0, 0.05) is 23.8 Å². The predicted molar refractivity (Wildman–Crippen MR) is 120 cm³/mol. The summed E-state index contributed by atoms with van der Waals surface area (Å²) in [6.07, 6.45) is 3.49. The average molecular weight is 459 g/mol. The third kappa shape index (κ3) is 8.34. The molecule has 1 aliphatic carbocycles. The van der Waals surface area contributed by atoms with Crippen LogP contribution in [0.5, 0.6) is 0 Å². The van der Waals surface area contributed by atoms with Crippen molar-refractivity contribution >= 4 is 46.9 Å². The Kier molecular flexibility index (Phi) is 10.6. The van der Waals surface area contributed by atoms with Crippen LogP contribution in [0.4, 0.5) is 0 Å². The lowest BCUT2D eigenvalue weighted by Gasteiger charge is -2.17. The van der Waals surface area contributed by atoms with E-state index in [9.17, 15) is 19.8 Å². The molecule has 2 unspecified atom stereocenters. The number of carbonyl (C=O) groups is 2. The van der Waals surface area contributed by atoms with Gasteiger partial charge in [0.05, 0.1) is 30.3 Å². The number of aliphatic hydroxyl groups is 2. The van der Waals surface area contributed by atoms with Crippen molar-refractivity contribution in [2.24, 2.45) is 5.92 Å². The summed E-state index contributed by atoms with van der Waals surface area (Å²) in [6.45, 7) is 0. The number of hydrogen-bond acceptors (Lipinski definition) is 7. The Balaban J connectivity index is 1.80. The van der Waals surface area contributed by atoms with Gasteiger partial charge in [-0.2, -0.15) is 11.8 Å². The van der Waals surface area contributed by atoms with Gasteiger partial charge < -0.3 is 14.9 Å². The van der Waals surface area contributed by atoms with Crippen LogP contribution in [0.2, 0.25) is 5.02 Å². The van der Waals surface area contributed by atoms with E-state index in [0.29, 0.717) is 17.2 Å². The second kappa shape index (κ2) is 12.6. The van der Waals surface area contributed by atoms with Gasteiger partial charge in [-0.3, -0.25) is 9.59 Å². The fourth-order valence-corrected chi connectivity index (χ4v) is 5.51.